The van der Waals surface area contributed by atoms with Crippen LogP contribution in [0.25, 0.3) is 10.4 Å². The van der Waals surface area contributed by atoms with Gasteiger partial charge in [-0.3, -0.25) is 4.79 Å². The van der Waals surface area contributed by atoms with Crippen molar-refractivity contribution in [2.75, 3.05) is 0 Å². The Balaban J connectivity index is 2.36. The first-order valence-corrected chi connectivity index (χ1v) is 5.77. The zero-order valence-electron chi connectivity index (χ0n) is 8.99. The number of aliphatic hydroxyl groups is 1. The molecule has 2 heterocycles. The largest absolute Gasteiger partial charge is 0.502 e. The summed E-state index contributed by atoms with van der Waals surface area (Å²) in [5.74, 6) is -3.27. The van der Waals surface area contributed by atoms with Gasteiger partial charge in [0.15, 0.2) is 5.76 Å². The van der Waals surface area contributed by atoms with Gasteiger partial charge >= 0.3 is 5.97 Å². The lowest BCUT2D eigenvalue weighted by Crippen LogP contribution is -2.03. The molecule has 0 amide bonds. The lowest BCUT2D eigenvalue weighted by atomic mass is 10.1. The van der Waals surface area contributed by atoms with E-state index >= 15 is 0 Å². The van der Waals surface area contributed by atoms with Gasteiger partial charge < -0.3 is 14.6 Å². The number of carboxylic acid groups (broad SMARTS) is 1. The van der Waals surface area contributed by atoms with Gasteiger partial charge in [-0.05, 0) is 17.5 Å². The first kappa shape index (κ1) is 12.1. The number of thiophene rings is 1. The van der Waals surface area contributed by atoms with Crippen LogP contribution in [-0.4, -0.2) is 22.0 Å². The van der Waals surface area contributed by atoms with Crippen molar-refractivity contribution in [3.05, 3.63) is 47.4 Å². The van der Waals surface area contributed by atoms with Crippen molar-refractivity contribution in [3.8, 4) is 10.4 Å². The summed E-state index contributed by atoms with van der Waals surface area (Å²) in [6.45, 7) is 0. The number of allylic oxidation sites excluding steroid dienone is 1. The molecular formula is C12H8O5S. The number of aliphatic hydroxyl groups excluding tert-OH is 1. The summed E-state index contributed by atoms with van der Waals surface area (Å²) in [5.41, 5.74) is 0.574. The molecule has 0 bridgehead atoms. The summed E-state index contributed by atoms with van der Waals surface area (Å²) in [6.07, 6.45) is 1.96. The van der Waals surface area contributed by atoms with Gasteiger partial charge in [0.25, 0.3) is 0 Å². The summed E-state index contributed by atoms with van der Waals surface area (Å²) in [6, 6.07) is 5.25. The number of hydrogen-bond donors (Lipinski definition) is 2. The average molecular weight is 264 g/mol. The van der Waals surface area contributed by atoms with Gasteiger partial charge in [0, 0.05) is 16.5 Å². The van der Waals surface area contributed by atoms with Gasteiger partial charge in [0.2, 0.25) is 11.5 Å². The van der Waals surface area contributed by atoms with E-state index in [-0.39, 0.29) is 5.76 Å². The molecule has 0 aliphatic rings. The SMILES string of the molecule is O=C(O)C(O)=CC(=O)c1occc1-c1cccs1. The number of aliphatic carboxylic acids is 1. The Morgan fingerprint density at radius 3 is 2.67 bits per heavy atom. The second-order valence-corrected chi connectivity index (χ2v) is 4.29. The Kier molecular flexibility index (Phi) is 3.29. The van der Waals surface area contributed by atoms with Gasteiger partial charge in [-0.25, -0.2) is 4.79 Å². The smallest absolute Gasteiger partial charge is 0.371 e. The fourth-order valence-electron chi connectivity index (χ4n) is 1.38. The molecule has 2 aromatic heterocycles. The molecule has 6 heteroatoms. The molecule has 2 rings (SSSR count). The molecule has 92 valence electrons. The number of rotatable bonds is 4. The first-order valence-electron chi connectivity index (χ1n) is 4.89. The minimum absolute atomic E-state index is 0.00486. The molecule has 0 fully saturated rings. The number of carbonyl (C=O) groups excluding carboxylic acids is 1. The molecule has 0 aliphatic heterocycles. The lowest BCUT2D eigenvalue weighted by Gasteiger charge is -1.96. The summed E-state index contributed by atoms with van der Waals surface area (Å²) in [5, 5.41) is 19.3. The maximum absolute atomic E-state index is 11.7. The minimum Gasteiger partial charge on any atom is -0.502 e. The molecule has 0 atom stereocenters. The second-order valence-electron chi connectivity index (χ2n) is 3.34. The summed E-state index contributed by atoms with van der Waals surface area (Å²) in [7, 11) is 0. The highest BCUT2D eigenvalue weighted by atomic mass is 32.1. The molecule has 0 saturated carbocycles. The van der Waals surface area contributed by atoms with Crippen molar-refractivity contribution in [3.63, 3.8) is 0 Å². The predicted octanol–water partition coefficient (Wildman–Crippen LogP) is 2.72. The zero-order chi connectivity index (χ0) is 13.1. The van der Waals surface area contributed by atoms with Crippen LogP contribution < -0.4 is 0 Å². The van der Waals surface area contributed by atoms with Gasteiger partial charge in [-0.2, -0.15) is 0 Å². The predicted molar refractivity (Wildman–Crippen MR) is 64.7 cm³/mol. The van der Waals surface area contributed by atoms with Crippen LogP contribution in [0.15, 0.2) is 46.1 Å². The highest BCUT2D eigenvalue weighted by molar-refractivity contribution is 7.13. The topological polar surface area (TPSA) is 87.7 Å². The maximum atomic E-state index is 11.7. The van der Waals surface area contributed by atoms with E-state index in [0.717, 1.165) is 4.88 Å². The van der Waals surface area contributed by atoms with Crippen LogP contribution in [0.2, 0.25) is 0 Å². The number of furan rings is 1. The quantitative estimate of drug-likeness (QED) is 0.503. The van der Waals surface area contributed by atoms with Crippen molar-refractivity contribution in [1.82, 2.24) is 0 Å². The van der Waals surface area contributed by atoms with E-state index in [1.165, 1.54) is 17.6 Å². The molecule has 0 aliphatic carbocycles. The third-order valence-corrected chi connectivity index (χ3v) is 3.07. The highest BCUT2D eigenvalue weighted by Gasteiger charge is 2.17. The third-order valence-electron chi connectivity index (χ3n) is 2.16. The van der Waals surface area contributed by atoms with Gasteiger partial charge in [-0.15, -0.1) is 11.3 Å². The lowest BCUT2D eigenvalue weighted by molar-refractivity contribution is -0.135. The Morgan fingerprint density at radius 2 is 2.06 bits per heavy atom. The van der Waals surface area contributed by atoms with Crippen LogP contribution in [0.5, 0.6) is 0 Å². The van der Waals surface area contributed by atoms with Crippen LogP contribution in [0.3, 0.4) is 0 Å². The molecule has 5 nitrogen and oxygen atoms in total. The van der Waals surface area contributed by atoms with Crippen LogP contribution in [-0.2, 0) is 4.79 Å². The Morgan fingerprint density at radius 1 is 1.28 bits per heavy atom. The third kappa shape index (κ3) is 2.33. The second kappa shape index (κ2) is 4.89. The fraction of sp³-hybridized carbons (Fsp3) is 0. The Labute approximate surface area is 106 Å². The van der Waals surface area contributed by atoms with E-state index in [1.807, 2.05) is 17.5 Å². The van der Waals surface area contributed by atoms with Crippen LogP contribution >= 0.6 is 11.3 Å². The van der Waals surface area contributed by atoms with Crippen LogP contribution in [0, 0.1) is 0 Å². The number of carbonyl (C=O) groups is 2. The molecule has 18 heavy (non-hydrogen) atoms. The van der Waals surface area contributed by atoms with Gasteiger partial charge in [0.1, 0.15) is 0 Å². The minimum atomic E-state index is -1.56. The van der Waals surface area contributed by atoms with Crippen molar-refractivity contribution < 1.29 is 24.2 Å². The van der Waals surface area contributed by atoms with E-state index in [0.29, 0.717) is 11.6 Å². The molecular weight excluding hydrogens is 256 g/mol. The molecule has 0 radical (unpaired) electrons. The maximum Gasteiger partial charge on any atom is 0.371 e. The molecule has 0 saturated heterocycles. The number of ketones is 1. The average Bonchev–Trinajstić information content (AvgIpc) is 2.99. The first-order chi connectivity index (χ1) is 8.59. The van der Waals surface area contributed by atoms with Crippen molar-refractivity contribution in [2.45, 2.75) is 0 Å². The van der Waals surface area contributed by atoms with Gasteiger partial charge in [-0.1, -0.05) is 6.07 Å². The summed E-state index contributed by atoms with van der Waals surface area (Å²) in [4.78, 5) is 23.0. The standard InChI is InChI=1S/C12H8O5S/c13-8(6-9(14)12(15)16)11-7(3-4-17-11)10-2-1-5-18-10/h1-6,14H,(H,15,16). The normalized spacial score (nSPS) is 11.4. The van der Waals surface area contributed by atoms with E-state index in [4.69, 9.17) is 14.6 Å². The monoisotopic (exact) mass is 264 g/mol. The van der Waals surface area contributed by atoms with Crippen molar-refractivity contribution >= 4 is 23.1 Å². The summed E-state index contributed by atoms with van der Waals surface area (Å²) < 4.78 is 5.04. The Bertz CT molecular complexity index is 606. The Hall–Kier alpha value is -2.34. The zero-order valence-corrected chi connectivity index (χ0v) is 9.81. The number of hydrogen-bond acceptors (Lipinski definition) is 5. The van der Waals surface area contributed by atoms with E-state index in [9.17, 15) is 9.59 Å². The van der Waals surface area contributed by atoms with E-state index in [2.05, 4.69) is 0 Å². The molecule has 0 spiro atoms. The van der Waals surface area contributed by atoms with Gasteiger partial charge in [0.05, 0.1) is 6.26 Å². The van der Waals surface area contributed by atoms with Crippen LogP contribution in [0.1, 0.15) is 10.6 Å². The molecule has 2 N–H and O–H groups in total. The molecule has 2 aromatic rings. The van der Waals surface area contributed by atoms with Crippen molar-refractivity contribution in [2.24, 2.45) is 0 Å². The fourth-order valence-corrected chi connectivity index (χ4v) is 2.13. The number of carboxylic acids is 1. The molecule has 0 aromatic carbocycles. The highest BCUT2D eigenvalue weighted by Crippen LogP contribution is 2.29. The van der Waals surface area contributed by atoms with E-state index in [1.54, 1.807) is 6.07 Å². The van der Waals surface area contributed by atoms with Crippen molar-refractivity contribution in [1.29, 1.82) is 0 Å². The summed E-state index contributed by atoms with van der Waals surface area (Å²) >= 11 is 1.43. The van der Waals surface area contributed by atoms with Crippen LogP contribution in [0.4, 0.5) is 0 Å². The van der Waals surface area contributed by atoms with E-state index < -0.39 is 17.5 Å². The molecule has 0 unspecified atom stereocenters.